The molecule has 1 aromatic heterocycles. The number of likely N-dealkylation sites (N-methyl/N-ethyl adjacent to an activating group) is 1. The van der Waals surface area contributed by atoms with Crippen molar-refractivity contribution < 1.29 is 0 Å². The summed E-state index contributed by atoms with van der Waals surface area (Å²) in [6.07, 6.45) is 3.48. The molecule has 0 N–H and O–H groups in total. The van der Waals surface area contributed by atoms with E-state index in [1.54, 1.807) is 0 Å². The minimum Gasteiger partial charge on any atom is -0.302 e. The van der Waals surface area contributed by atoms with Gasteiger partial charge in [0.1, 0.15) is 0 Å². The molecule has 2 aromatic rings. The fourth-order valence-corrected chi connectivity index (χ4v) is 2.46. The van der Waals surface area contributed by atoms with Gasteiger partial charge in [-0.05, 0) is 49.7 Å². The minimum atomic E-state index is 1.06. The van der Waals surface area contributed by atoms with Crippen molar-refractivity contribution in [3.8, 4) is 0 Å². The zero-order valence-electron chi connectivity index (χ0n) is 11.0. The van der Waals surface area contributed by atoms with Gasteiger partial charge in [0.2, 0.25) is 0 Å². The Balaban J connectivity index is 2.01. The molecule has 0 saturated carbocycles. The highest BCUT2D eigenvalue weighted by Crippen LogP contribution is 2.25. The van der Waals surface area contributed by atoms with Crippen LogP contribution < -0.4 is 0 Å². The number of pyridine rings is 1. The number of rotatable bonds is 1. The number of aromatic nitrogens is 1. The van der Waals surface area contributed by atoms with Crippen molar-refractivity contribution in [2.24, 2.45) is 0 Å². The van der Waals surface area contributed by atoms with Crippen LogP contribution in [-0.2, 0) is 0 Å². The summed E-state index contributed by atoms with van der Waals surface area (Å²) < 4.78 is 0. The molecule has 0 bridgehead atoms. The molecule has 0 saturated heterocycles. The summed E-state index contributed by atoms with van der Waals surface area (Å²) in [6.45, 7) is 4.24. The van der Waals surface area contributed by atoms with Gasteiger partial charge in [-0.3, -0.25) is 4.98 Å². The average molecular weight is 238 g/mol. The lowest BCUT2D eigenvalue weighted by Crippen LogP contribution is -2.23. The summed E-state index contributed by atoms with van der Waals surface area (Å²) >= 11 is 0. The van der Waals surface area contributed by atoms with Crippen LogP contribution in [0.4, 0.5) is 0 Å². The van der Waals surface area contributed by atoms with E-state index in [1.807, 2.05) is 6.92 Å². The van der Waals surface area contributed by atoms with Crippen molar-refractivity contribution in [3.05, 3.63) is 47.7 Å². The van der Waals surface area contributed by atoms with E-state index in [-0.39, 0.29) is 0 Å². The van der Waals surface area contributed by atoms with E-state index >= 15 is 0 Å². The molecule has 2 heterocycles. The van der Waals surface area contributed by atoms with Crippen LogP contribution in [0.5, 0.6) is 0 Å². The van der Waals surface area contributed by atoms with E-state index in [0.717, 1.165) is 30.7 Å². The molecule has 2 nitrogen and oxygen atoms in total. The zero-order chi connectivity index (χ0) is 12.5. The largest absolute Gasteiger partial charge is 0.302 e. The first-order valence-electron chi connectivity index (χ1n) is 6.48. The maximum Gasteiger partial charge on any atom is 0.0705 e. The molecule has 2 heteroatoms. The van der Waals surface area contributed by atoms with Gasteiger partial charge in [0.25, 0.3) is 0 Å². The van der Waals surface area contributed by atoms with E-state index in [0.29, 0.717) is 0 Å². The Morgan fingerprint density at radius 1 is 1.17 bits per heavy atom. The number of benzene rings is 1. The molecule has 0 amide bonds. The van der Waals surface area contributed by atoms with Gasteiger partial charge in [-0.2, -0.15) is 0 Å². The van der Waals surface area contributed by atoms with Gasteiger partial charge >= 0.3 is 0 Å². The number of hydrogen-bond donors (Lipinski definition) is 0. The second-order valence-corrected chi connectivity index (χ2v) is 5.10. The third-order valence-corrected chi connectivity index (χ3v) is 3.61. The number of nitrogens with zero attached hydrogens (tertiary/aromatic N) is 2. The van der Waals surface area contributed by atoms with Crippen molar-refractivity contribution in [2.75, 3.05) is 20.1 Å². The van der Waals surface area contributed by atoms with Crippen LogP contribution in [0.25, 0.3) is 16.5 Å². The Morgan fingerprint density at radius 3 is 2.83 bits per heavy atom. The van der Waals surface area contributed by atoms with E-state index in [9.17, 15) is 0 Å². The quantitative estimate of drug-likeness (QED) is 0.758. The molecular formula is C16H18N2. The van der Waals surface area contributed by atoms with Gasteiger partial charge in [-0.25, -0.2) is 0 Å². The van der Waals surface area contributed by atoms with E-state index in [1.165, 1.54) is 16.5 Å². The molecule has 3 rings (SSSR count). The first-order valence-corrected chi connectivity index (χ1v) is 6.48. The van der Waals surface area contributed by atoms with Gasteiger partial charge in [-0.1, -0.05) is 18.2 Å². The van der Waals surface area contributed by atoms with Crippen LogP contribution in [0.15, 0.2) is 36.4 Å². The third kappa shape index (κ3) is 2.16. The minimum absolute atomic E-state index is 1.06. The van der Waals surface area contributed by atoms with Crippen molar-refractivity contribution in [2.45, 2.75) is 13.3 Å². The molecule has 92 valence electrons. The average Bonchev–Trinajstić information content (AvgIpc) is 2.39. The van der Waals surface area contributed by atoms with Crippen LogP contribution in [0.2, 0.25) is 0 Å². The molecule has 1 aliphatic rings. The second-order valence-electron chi connectivity index (χ2n) is 5.10. The van der Waals surface area contributed by atoms with Crippen LogP contribution in [0.3, 0.4) is 0 Å². The molecular weight excluding hydrogens is 220 g/mol. The second kappa shape index (κ2) is 4.54. The van der Waals surface area contributed by atoms with Gasteiger partial charge in [0.15, 0.2) is 0 Å². The first-order chi connectivity index (χ1) is 8.72. The molecule has 0 spiro atoms. The predicted molar refractivity (Wildman–Crippen MR) is 76.6 cm³/mol. The lowest BCUT2D eigenvalue weighted by atomic mass is 9.98. The van der Waals surface area contributed by atoms with Crippen molar-refractivity contribution >= 4 is 16.5 Å². The Bertz CT molecular complexity index is 614. The summed E-state index contributed by atoms with van der Waals surface area (Å²) in [6, 6.07) is 10.8. The van der Waals surface area contributed by atoms with Gasteiger partial charge in [-0.15, -0.1) is 0 Å². The monoisotopic (exact) mass is 238 g/mol. The highest BCUT2D eigenvalue weighted by Gasteiger charge is 2.10. The SMILES string of the molecule is Cc1ccc2cc(C3=CCN(C)CC3)ccc2n1. The first kappa shape index (κ1) is 11.4. The van der Waals surface area contributed by atoms with Crippen LogP contribution in [0, 0.1) is 6.92 Å². The fourth-order valence-electron chi connectivity index (χ4n) is 2.46. The summed E-state index contributed by atoms with van der Waals surface area (Å²) in [5.74, 6) is 0. The Hall–Kier alpha value is -1.67. The van der Waals surface area contributed by atoms with E-state index in [2.05, 4.69) is 53.3 Å². The normalized spacial score (nSPS) is 16.9. The highest BCUT2D eigenvalue weighted by molar-refractivity contribution is 5.83. The zero-order valence-corrected chi connectivity index (χ0v) is 11.0. The highest BCUT2D eigenvalue weighted by atomic mass is 15.1. The molecule has 1 aliphatic heterocycles. The third-order valence-electron chi connectivity index (χ3n) is 3.61. The van der Waals surface area contributed by atoms with Gasteiger partial charge < -0.3 is 4.90 Å². The molecule has 0 unspecified atom stereocenters. The maximum atomic E-state index is 4.55. The predicted octanol–water partition coefficient (Wildman–Crippen LogP) is 3.26. The Morgan fingerprint density at radius 2 is 2.06 bits per heavy atom. The lowest BCUT2D eigenvalue weighted by molar-refractivity contribution is 0.370. The summed E-state index contributed by atoms with van der Waals surface area (Å²) in [5.41, 5.74) is 4.98. The maximum absolute atomic E-state index is 4.55. The van der Waals surface area contributed by atoms with Crippen LogP contribution in [0.1, 0.15) is 17.7 Å². The summed E-state index contributed by atoms with van der Waals surface area (Å²) in [5, 5.41) is 1.23. The lowest BCUT2D eigenvalue weighted by Gasteiger charge is -2.22. The molecule has 0 fully saturated rings. The van der Waals surface area contributed by atoms with Gasteiger partial charge in [0, 0.05) is 24.2 Å². The number of hydrogen-bond acceptors (Lipinski definition) is 2. The van der Waals surface area contributed by atoms with Crippen LogP contribution in [-0.4, -0.2) is 30.0 Å². The summed E-state index contributed by atoms with van der Waals surface area (Å²) in [4.78, 5) is 6.89. The Kier molecular flexibility index (Phi) is 2.88. The Labute approximate surface area is 108 Å². The van der Waals surface area contributed by atoms with E-state index in [4.69, 9.17) is 0 Å². The van der Waals surface area contributed by atoms with Crippen LogP contribution >= 0.6 is 0 Å². The molecule has 0 aliphatic carbocycles. The summed E-state index contributed by atoms with van der Waals surface area (Å²) in [7, 11) is 2.17. The van der Waals surface area contributed by atoms with Crippen molar-refractivity contribution in [1.29, 1.82) is 0 Å². The molecule has 0 radical (unpaired) electrons. The molecule has 1 aromatic carbocycles. The van der Waals surface area contributed by atoms with Crippen molar-refractivity contribution in [3.63, 3.8) is 0 Å². The standard InChI is InChI=1S/C16H18N2/c1-12-3-4-15-11-14(5-6-16(15)17-12)13-7-9-18(2)10-8-13/h3-7,11H,8-10H2,1-2H3. The van der Waals surface area contributed by atoms with Gasteiger partial charge in [0.05, 0.1) is 5.52 Å². The molecule has 18 heavy (non-hydrogen) atoms. The smallest absolute Gasteiger partial charge is 0.0705 e. The van der Waals surface area contributed by atoms with E-state index < -0.39 is 0 Å². The number of fused-ring (bicyclic) bond motifs is 1. The van der Waals surface area contributed by atoms with Crippen molar-refractivity contribution in [1.82, 2.24) is 9.88 Å². The fraction of sp³-hybridized carbons (Fsp3) is 0.312. The number of aryl methyl sites for hydroxylation is 1. The topological polar surface area (TPSA) is 16.1 Å². The molecule has 0 atom stereocenters.